The molecule has 6 nitrogen and oxygen atoms in total. The first kappa shape index (κ1) is 9.03. The summed E-state index contributed by atoms with van der Waals surface area (Å²) in [7, 11) is 0. The summed E-state index contributed by atoms with van der Waals surface area (Å²) in [5, 5.41) is 6.93. The fourth-order valence-corrected chi connectivity index (χ4v) is 3.08. The largest absolute Gasteiger partial charge is 0.382 e. The minimum absolute atomic E-state index is 0.0313. The second-order valence-corrected chi connectivity index (χ2v) is 6.32. The zero-order chi connectivity index (χ0) is 29.1. The number of pyridine rings is 1. The number of halogens is 1. The topological polar surface area (TPSA) is 58.4 Å². The van der Waals surface area contributed by atoms with Gasteiger partial charge in [0.15, 0.2) is 5.65 Å². The summed E-state index contributed by atoms with van der Waals surface area (Å²) in [4.78, 5) is 8.52. The van der Waals surface area contributed by atoms with E-state index < -0.39 is 66.9 Å². The molecule has 5 rings (SSSR count). The molecular weight excluding hydrogens is 355 g/mol. The molecule has 0 amide bonds. The van der Waals surface area contributed by atoms with Gasteiger partial charge in [-0.3, -0.25) is 4.98 Å². The number of aromatic nitrogens is 4. The van der Waals surface area contributed by atoms with E-state index in [0.717, 1.165) is 0 Å². The van der Waals surface area contributed by atoms with Crippen molar-refractivity contribution in [2.75, 3.05) is 11.4 Å². The summed E-state index contributed by atoms with van der Waals surface area (Å²) in [6.45, 7) is 1.91. The van der Waals surface area contributed by atoms with Gasteiger partial charge in [-0.15, -0.1) is 0 Å². The third-order valence-corrected chi connectivity index (χ3v) is 4.39. The van der Waals surface area contributed by atoms with Crippen molar-refractivity contribution in [3.05, 3.63) is 59.9 Å². The van der Waals surface area contributed by atoms with Crippen molar-refractivity contribution >= 4 is 17.2 Å². The first-order chi connectivity index (χ1) is 17.7. The van der Waals surface area contributed by atoms with Crippen LogP contribution < -0.4 is 10.2 Å². The van der Waals surface area contributed by atoms with Gasteiger partial charge in [0.05, 0.1) is 25.3 Å². The molecule has 0 radical (unpaired) electrons. The summed E-state index contributed by atoms with van der Waals surface area (Å²) >= 11 is 0. The molecule has 2 bridgehead atoms. The molecule has 28 heavy (non-hydrogen) atoms. The van der Waals surface area contributed by atoms with Gasteiger partial charge in [0.25, 0.3) is 0 Å². The van der Waals surface area contributed by atoms with E-state index in [9.17, 15) is 5.76 Å². The van der Waals surface area contributed by atoms with Crippen molar-refractivity contribution in [2.45, 2.75) is 44.5 Å². The van der Waals surface area contributed by atoms with Crippen LogP contribution in [0.5, 0.6) is 0 Å². The van der Waals surface area contributed by atoms with Gasteiger partial charge in [0.1, 0.15) is 11.6 Å². The minimum atomic E-state index is -3.49. The predicted octanol–water partition coefficient (Wildman–Crippen LogP) is 3.50. The number of rotatable bonds is 0. The highest BCUT2D eigenvalue weighted by molar-refractivity contribution is 5.74. The fourth-order valence-electron chi connectivity index (χ4n) is 3.08. The Hall–Kier alpha value is -2.96. The van der Waals surface area contributed by atoms with Crippen LogP contribution in [0.4, 0.5) is 10.2 Å². The van der Waals surface area contributed by atoms with Gasteiger partial charge in [0.2, 0.25) is 0 Å². The van der Waals surface area contributed by atoms with Crippen LogP contribution in [0, 0.1) is 5.82 Å². The molecule has 0 saturated carbocycles. The smallest absolute Gasteiger partial charge is 0.166 e. The normalized spacial score (nSPS) is 39.6. The van der Waals surface area contributed by atoms with Gasteiger partial charge in [-0.2, -0.15) is 5.10 Å². The maximum Gasteiger partial charge on any atom is 0.166 e. The van der Waals surface area contributed by atoms with Crippen LogP contribution in [0.25, 0.3) is 11.3 Å². The third kappa shape index (κ3) is 2.82. The summed E-state index contributed by atoms with van der Waals surface area (Å²) in [6.07, 6.45) is -9.72. The van der Waals surface area contributed by atoms with E-state index in [-0.39, 0.29) is 16.9 Å². The Bertz CT molecular complexity index is 1520. The van der Waals surface area contributed by atoms with Crippen LogP contribution in [-0.4, -0.2) is 32.1 Å². The molecule has 7 heteroatoms. The third-order valence-electron chi connectivity index (χ3n) is 4.39. The van der Waals surface area contributed by atoms with E-state index in [2.05, 4.69) is 27.0 Å². The highest BCUT2D eigenvalue weighted by Gasteiger charge is 2.30. The summed E-state index contributed by atoms with van der Waals surface area (Å²) < 4.78 is 112. The van der Waals surface area contributed by atoms with E-state index in [1.54, 1.807) is 0 Å². The van der Waals surface area contributed by atoms with Gasteiger partial charge in [0, 0.05) is 43.8 Å². The van der Waals surface area contributed by atoms with Gasteiger partial charge in [-0.1, -0.05) is 6.58 Å². The molecule has 1 saturated heterocycles. The molecule has 1 N–H and O–H groups in total. The van der Waals surface area contributed by atoms with Crippen molar-refractivity contribution in [2.24, 2.45) is 0 Å². The number of hydrogen-bond acceptors (Lipinski definition) is 5. The standard InChI is InChI=1S/C21H23FN6/c1-13-5-6-18-16(10-15(22)11-23-18)19-4-3-8-27(19)20-7-9-28-21(26-20)17(12-24-28)14(2)25-13/h7,9-13,19,25H,2-6,8H2,1H3/t13-,19-/m1/s1/i3D2,4D2,5D2,6D2,8D2,19D. The van der Waals surface area contributed by atoms with Crippen molar-refractivity contribution in [1.82, 2.24) is 24.9 Å². The molecule has 0 aromatic carbocycles. The molecule has 1 fully saturated rings. The van der Waals surface area contributed by atoms with Gasteiger partial charge >= 0.3 is 0 Å². The van der Waals surface area contributed by atoms with Crippen LogP contribution in [-0.2, 0) is 6.37 Å². The molecular formula is C21H23FN6. The van der Waals surface area contributed by atoms with E-state index in [0.29, 0.717) is 17.2 Å². The lowest BCUT2D eigenvalue weighted by atomic mass is 9.98. The van der Waals surface area contributed by atoms with Crippen LogP contribution in [0.1, 0.15) is 64.0 Å². The number of fused-ring (bicyclic) bond motifs is 5. The zero-order valence-electron chi connectivity index (χ0n) is 25.8. The number of nitrogens with zero attached hydrogens (tertiary/aromatic N) is 5. The van der Waals surface area contributed by atoms with Crippen molar-refractivity contribution in [3.63, 3.8) is 0 Å². The van der Waals surface area contributed by atoms with Crippen LogP contribution in [0.15, 0.2) is 37.3 Å². The van der Waals surface area contributed by atoms with E-state index >= 15 is 0 Å². The average Bonchev–Trinajstić information content (AvgIpc) is 3.28. The molecule has 3 aromatic rings. The number of aryl methyl sites for hydroxylation is 1. The Morgan fingerprint density at radius 2 is 2.29 bits per heavy atom. The molecule has 0 spiro atoms. The summed E-state index contributed by atoms with van der Waals surface area (Å²) in [5.41, 5.74) is -1.46. The van der Waals surface area contributed by atoms with Gasteiger partial charge < -0.3 is 10.2 Å². The predicted molar refractivity (Wildman–Crippen MR) is 106 cm³/mol. The van der Waals surface area contributed by atoms with Crippen LogP contribution in [0.3, 0.4) is 0 Å². The maximum atomic E-state index is 14.7. The first-order valence-corrected chi connectivity index (χ1v) is 8.51. The molecule has 5 heterocycles. The fraction of sp³-hybridized carbons (Fsp3) is 0.381. The monoisotopic (exact) mass is 389 g/mol. The molecule has 0 unspecified atom stereocenters. The molecule has 2 aliphatic heterocycles. The zero-order valence-corrected chi connectivity index (χ0v) is 14.8. The summed E-state index contributed by atoms with van der Waals surface area (Å²) in [6, 6.07) is -2.85. The highest BCUT2D eigenvalue weighted by atomic mass is 19.1. The average molecular weight is 390 g/mol. The molecule has 144 valence electrons. The quantitative estimate of drug-likeness (QED) is 0.638. The SMILES string of the molecule is [2H]C1([2H])c2ncc(F)cc2[C@]2([2H])N(c3ccn4ncc(c4n3)C(=C)N[C@H](C)C1([2H])[2H])C([2H])([2H])C([2H])([2H])C2([2H])[2H]. The lowest BCUT2D eigenvalue weighted by Gasteiger charge is -2.27. The Kier molecular flexibility index (Phi) is 2.12. The Balaban J connectivity index is 1.99. The molecule has 3 aromatic heterocycles. The molecule has 2 atom stereocenters. The van der Waals surface area contributed by atoms with E-state index in [4.69, 9.17) is 13.7 Å². The van der Waals surface area contributed by atoms with Gasteiger partial charge in [-0.05, 0) is 50.1 Å². The minimum Gasteiger partial charge on any atom is -0.382 e. The molecule has 2 aliphatic rings. The van der Waals surface area contributed by atoms with Gasteiger partial charge in [-0.25, -0.2) is 13.9 Å². The van der Waals surface area contributed by atoms with Crippen molar-refractivity contribution < 1.29 is 19.5 Å². The second kappa shape index (κ2) is 6.58. The van der Waals surface area contributed by atoms with Crippen molar-refractivity contribution in [1.29, 1.82) is 0 Å². The van der Waals surface area contributed by atoms with Crippen LogP contribution in [0.2, 0.25) is 0 Å². The number of hydrogen-bond donors (Lipinski definition) is 1. The Morgan fingerprint density at radius 3 is 3.18 bits per heavy atom. The second-order valence-electron chi connectivity index (χ2n) is 6.32. The Labute approximate surface area is 178 Å². The Morgan fingerprint density at radius 1 is 1.39 bits per heavy atom. The lowest BCUT2D eigenvalue weighted by molar-refractivity contribution is 0.575. The van der Waals surface area contributed by atoms with Crippen LogP contribution >= 0.6 is 0 Å². The van der Waals surface area contributed by atoms with Crippen molar-refractivity contribution in [3.8, 4) is 0 Å². The number of anilines is 1. The summed E-state index contributed by atoms with van der Waals surface area (Å²) in [5.74, 6) is -1.58. The van der Waals surface area contributed by atoms with E-state index in [1.807, 2.05) is 0 Å². The number of nitrogens with one attached hydrogen (secondary N) is 1. The highest BCUT2D eigenvalue weighted by Crippen LogP contribution is 2.37. The maximum absolute atomic E-state index is 14.7. The molecule has 0 aliphatic carbocycles. The first-order valence-electron chi connectivity index (χ1n) is 14.0. The van der Waals surface area contributed by atoms with E-state index in [1.165, 1.54) is 29.9 Å². The lowest BCUT2D eigenvalue weighted by Crippen LogP contribution is -2.26.